The van der Waals surface area contributed by atoms with E-state index in [2.05, 4.69) is 5.10 Å². The van der Waals surface area contributed by atoms with Crippen LogP contribution in [-0.2, 0) is 10.2 Å². The molecule has 1 aliphatic carbocycles. The van der Waals surface area contributed by atoms with Gasteiger partial charge in [0.2, 0.25) is 0 Å². The third-order valence-corrected chi connectivity index (χ3v) is 3.57. The predicted octanol–water partition coefficient (Wildman–Crippen LogP) is 2.38. The van der Waals surface area contributed by atoms with E-state index in [0.29, 0.717) is 0 Å². The predicted molar refractivity (Wildman–Crippen MR) is 66.7 cm³/mol. The van der Waals surface area contributed by atoms with E-state index in [0.717, 1.165) is 24.1 Å². The average molecular weight is 242 g/mol. The van der Waals surface area contributed by atoms with E-state index in [9.17, 15) is 4.79 Å². The Morgan fingerprint density at radius 1 is 1.33 bits per heavy atom. The van der Waals surface area contributed by atoms with Gasteiger partial charge < -0.3 is 5.11 Å². The van der Waals surface area contributed by atoms with Gasteiger partial charge in [0.05, 0.1) is 12.1 Å². The molecule has 0 radical (unpaired) electrons. The van der Waals surface area contributed by atoms with Crippen molar-refractivity contribution < 1.29 is 9.90 Å². The van der Waals surface area contributed by atoms with E-state index >= 15 is 0 Å². The number of rotatable bonds is 4. The molecule has 1 fully saturated rings. The SMILES string of the molecule is O=C(O)CC1(c2ccccc2-n2cccn2)CC1. The van der Waals surface area contributed by atoms with Crippen LogP contribution in [0.3, 0.4) is 0 Å². The molecular weight excluding hydrogens is 228 g/mol. The van der Waals surface area contributed by atoms with Crippen LogP contribution in [0.15, 0.2) is 42.7 Å². The van der Waals surface area contributed by atoms with Crippen LogP contribution >= 0.6 is 0 Å². The fraction of sp³-hybridized carbons (Fsp3) is 0.286. The van der Waals surface area contributed by atoms with E-state index in [1.54, 1.807) is 10.9 Å². The van der Waals surface area contributed by atoms with Crippen LogP contribution in [0.1, 0.15) is 24.8 Å². The molecule has 0 atom stereocenters. The fourth-order valence-electron chi connectivity index (χ4n) is 2.51. The number of hydrogen-bond acceptors (Lipinski definition) is 2. The summed E-state index contributed by atoms with van der Waals surface area (Å²) in [5.74, 6) is -0.734. The minimum absolute atomic E-state index is 0.186. The highest BCUT2D eigenvalue weighted by Gasteiger charge is 2.47. The maximum atomic E-state index is 11.0. The Labute approximate surface area is 105 Å². The highest BCUT2D eigenvalue weighted by molar-refractivity contribution is 5.71. The standard InChI is InChI=1S/C14H14N2O2/c17-13(18)10-14(6-7-14)11-4-1-2-5-12(11)16-9-3-8-15-16/h1-5,8-9H,6-7,10H2,(H,17,18). The lowest BCUT2D eigenvalue weighted by molar-refractivity contribution is -0.137. The van der Waals surface area contributed by atoms with E-state index in [-0.39, 0.29) is 11.8 Å². The summed E-state index contributed by atoms with van der Waals surface area (Å²) < 4.78 is 1.80. The Morgan fingerprint density at radius 2 is 2.11 bits per heavy atom. The molecule has 92 valence electrons. The Balaban J connectivity index is 2.05. The Kier molecular flexibility index (Phi) is 2.44. The number of carboxylic acids is 1. The summed E-state index contributed by atoms with van der Waals surface area (Å²) in [5.41, 5.74) is 1.89. The van der Waals surface area contributed by atoms with E-state index in [1.165, 1.54) is 0 Å². The highest BCUT2D eigenvalue weighted by atomic mass is 16.4. The third kappa shape index (κ3) is 1.79. The zero-order valence-electron chi connectivity index (χ0n) is 9.91. The quantitative estimate of drug-likeness (QED) is 0.895. The van der Waals surface area contributed by atoms with E-state index < -0.39 is 5.97 Å². The van der Waals surface area contributed by atoms with Gasteiger partial charge in [0.25, 0.3) is 0 Å². The van der Waals surface area contributed by atoms with Crippen molar-refractivity contribution in [3.63, 3.8) is 0 Å². The van der Waals surface area contributed by atoms with Gasteiger partial charge in [-0.05, 0) is 30.5 Å². The number of carboxylic acid groups (broad SMARTS) is 1. The molecule has 1 N–H and O–H groups in total. The summed E-state index contributed by atoms with van der Waals surface area (Å²) in [6.07, 6.45) is 5.70. The summed E-state index contributed by atoms with van der Waals surface area (Å²) in [6.45, 7) is 0. The highest BCUT2D eigenvalue weighted by Crippen LogP contribution is 2.52. The van der Waals surface area contributed by atoms with Crippen molar-refractivity contribution in [1.29, 1.82) is 0 Å². The van der Waals surface area contributed by atoms with Crippen molar-refractivity contribution in [2.45, 2.75) is 24.7 Å². The molecule has 1 aromatic heterocycles. The van der Waals surface area contributed by atoms with Crippen molar-refractivity contribution in [1.82, 2.24) is 9.78 Å². The molecule has 1 saturated carbocycles. The van der Waals surface area contributed by atoms with Gasteiger partial charge in [-0.15, -0.1) is 0 Å². The van der Waals surface area contributed by atoms with Crippen molar-refractivity contribution >= 4 is 5.97 Å². The largest absolute Gasteiger partial charge is 0.481 e. The third-order valence-electron chi connectivity index (χ3n) is 3.57. The number of aliphatic carboxylic acids is 1. The number of carbonyl (C=O) groups is 1. The molecule has 3 rings (SSSR count). The molecular formula is C14H14N2O2. The van der Waals surface area contributed by atoms with Crippen molar-refractivity contribution in [2.75, 3.05) is 0 Å². The Bertz CT molecular complexity index is 571. The smallest absolute Gasteiger partial charge is 0.304 e. The first kappa shape index (κ1) is 11.0. The second-order valence-electron chi connectivity index (χ2n) is 4.82. The molecule has 4 nitrogen and oxygen atoms in total. The van der Waals surface area contributed by atoms with Crippen LogP contribution in [-0.4, -0.2) is 20.9 Å². The summed E-state index contributed by atoms with van der Waals surface area (Å²) in [5, 5.41) is 13.3. The van der Waals surface area contributed by atoms with Crippen LogP contribution < -0.4 is 0 Å². The molecule has 1 aliphatic rings. The molecule has 1 heterocycles. The molecule has 4 heteroatoms. The number of para-hydroxylation sites is 1. The van der Waals surface area contributed by atoms with E-state index in [4.69, 9.17) is 5.11 Å². The molecule has 0 saturated heterocycles. The topological polar surface area (TPSA) is 55.1 Å². The van der Waals surface area contributed by atoms with Crippen molar-refractivity contribution in [3.8, 4) is 5.69 Å². The fourth-order valence-corrected chi connectivity index (χ4v) is 2.51. The zero-order chi connectivity index (χ0) is 12.6. The first-order chi connectivity index (χ1) is 8.71. The lowest BCUT2D eigenvalue weighted by Crippen LogP contribution is -2.16. The average Bonchev–Trinajstić information content (AvgIpc) is 2.93. The maximum absolute atomic E-state index is 11.0. The second kappa shape index (κ2) is 3.98. The lowest BCUT2D eigenvalue weighted by Gasteiger charge is -2.17. The normalized spacial score (nSPS) is 16.4. The lowest BCUT2D eigenvalue weighted by atomic mass is 9.91. The molecule has 0 spiro atoms. The van der Waals surface area contributed by atoms with E-state index in [1.807, 2.05) is 36.5 Å². The van der Waals surface area contributed by atoms with Gasteiger partial charge in [-0.3, -0.25) is 4.79 Å². The molecule has 0 bridgehead atoms. The molecule has 2 aromatic rings. The molecule has 0 amide bonds. The first-order valence-corrected chi connectivity index (χ1v) is 6.03. The zero-order valence-corrected chi connectivity index (χ0v) is 9.91. The minimum atomic E-state index is -0.734. The van der Waals surface area contributed by atoms with Gasteiger partial charge in [0.15, 0.2) is 0 Å². The summed E-state index contributed by atoms with van der Waals surface area (Å²) in [4.78, 5) is 11.0. The van der Waals surface area contributed by atoms with Crippen molar-refractivity contribution in [3.05, 3.63) is 48.3 Å². The molecule has 0 aliphatic heterocycles. The second-order valence-corrected chi connectivity index (χ2v) is 4.82. The first-order valence-electron chi connectivity index (χ1n) is 6.03. The van der Waals surface area contributed by atoms with Crippen LogP contribution in [0.4, 0.5) is 0 Å². The number of benzene rings is 1. The minimum Gasteiger partial charge on any atom is -0.481 e. The van der Waals surface area contributed by atoms with Gasteiger partial charge in [0, 0.05) is 17.8 Å². The number of nitrogens with zero attached hydrogens (tertiary/aromatic N) is 2. The van der Waals surface area contributed by atoms with Gasteiger partial charge in [0.1, 0.15) is 0 Å². The summed E-state index contributed by atoms with van der Waals surface area (Å²) >= 11 is 0. The van der Waals surface area contributed by atoms with Gasteiger partial charge in [-0.1, -0.05) is 18.2 Å². The molecule has 18 heavy (non-hydrogen) atoms. The van der Waals surface area contributed by atoms with Gasteiger partial charge in [-0.25, -0.2) is 4.68 Å². The van der Waals surface area contributed by atoms with Crippen molar-refractivity contribution in [2.24, 2.45) is 0 Å². The van der Waals surface area contributed by atoms with Crippen LogP contribution in [0.5, 0.6) is 0 Å². The summed E-state index contributed by atoms with van der Waals surface area (Å²) in [6, 6.07) is 9.80. The summed E-state index contributed by atoms with van der Waals surface area (Å²) in [7, 11) is 0. The monoisotopic (exact) mass is 242 g/mol. The number of aromatic nitrogens is 2. The maximum Gasteiger partial charge on any atom is 0.304 e. The molecule has 0 unspecified atom stereocenters. The number of hydrogen-bond donors (Lipinski definition) is 1. The Hall–Kier alpha value is -2.10. The van der Waals surface area contributed by atoms with Gasteiger partial charge in [-0.2, -0.15) is 5.10 Å². The Morgan fingerprint density at radius 3 is 2.72 bits per heavy atom. The van der Waals surface area contributed by atoms with Crippen LogP contribution in [0, 0.1) is 0 Å². The molecule has 1 aromatic carbocycles. The van der Waals surface area contributed by atoms with Crippen LogP contribution in [0.25, 0.3) is 5.69 Å². The van der Waals surface area contributed by atoms with Crippen LogP contribution in [0.2, 0.25) is 0 Å². The van der Waals surface area contributed by atoms with Gasteiger partial charge >= 0.3 is 5.97 Å².